The lowest BCUT2D eigenvalue weighted by Gasteiger charge is -2.33. The fourth-order valence-corrected chi connectivity index (χ4v) is 4.09. The second-order valence-electron chi connectivity index (χ2n) is 6.70. The number of benzene rings is 1. The summed E-state index contributed by atoms with van der Waals surface area (Å²) >= 11 is 0. The number of rotatable bonds is 5. The SMILES string of the molecule is O=C(O)C1CC2CCCCC2N1C(=O)Cc1ccc(OC(F)F)cc1. The zero-order valence-corrected chi connectivity index (χ0v) is 13.7. The first kappa shape index (κ1) is 17.6. The third kappa shape index (κ3) is 3.91. The van der Waals surface area contributed by atoms with Crippen LogP contribution >= 0.6 is 0 Å². The Kier molecular flexibility index (Phi) is 5.20. The standard InChI is InChI=1S/C18H21F2NO4/c19-18(20)25-13-7-5-11(6-8-13)9-16(22)21-14-4-2-1-3-12(14)10-15(21)17(23)24/h5-8,12,14-15,18H,1-4,9-10H2,(H,23,24). The molecule has 3 unspecified atom stereocenters. The molecule has 1 amide bonds. The molecule has 1 aliphatic heterocycles. The molecule has 0 aromatic heterocycles. The van der Waals surface area contributed by atoms with Crippen molar-refractivity contribution in [2.75, 3.05) is 0 Å². The van der Waals surface area contributed by atoms with E-state index in [2.05, 4.69) is 4.74 Å². The van der Waals surface area contributed by atoms with E-state index in [1.165, 1.54) is 12.1 Å². The number of carbonyl (C=O) groups excluding carboxylic acids is 1. The smallest absolute Gasteiger partial charge is 0.387 e. The first-order valence-electron chi connectivity index (χ1n) is 8.53. The number of aliphatic carboxylic acids is 1. The molecule has 2 fully saturated rings. The topological polar surface area (TPSA) is 66.8 Å². The van der Waals surface area contributed by atoms with E-state index in [1.54, 1.807) is 17.0 Å². The van der Waals surface area contributed by atoms with Gasteiger partial charge in [-0.15, -0.1) is 0 Å². The maximum absolute atomic E-state index is 12.8. The number of carboxylic acid groups (broad SMARTS) is 1. The van der Waals surface area contributed by atoms with E-state index in [-0.39, 0.29) is 30.0 Å². The van der Waals surface area contributed by atoms with Gasteiger partial charge in [0.25, 0.3) is 0 Å². The van der Waals surface area contributed by atoms with Gasteiger partial charge in [-0.25, -0.2) is 4.79 Å². The van der Waals surface area contributed by atoms with E-state index >= 15 is 0 Å². The lowest BCUT2D eigenvalue weighted by molar-refractivity contribution is -0.149. The Bertz CT molecular complexity index is 634. The minimum Gasteiger partial charge on any atom is -0.480 e. The zero-order valence-electron chi connectivity index (χ0n) is 13.7. The Morgan fingerprint density at radius 3 is 2.52 bits per heavy atom. The largest absolute Gasteiger partial charge is 0.480 e. The van der Waals surface area contributed by atoms with E-state index < -0.39 is 18.6 Å². The van der Waals surface area contributed by atoms with E-state index in [0.717, 1.165) is 25.7 Å². The number of ether oxygens (including phenoxy) is 1. The summed E-state index contributed by atoms with van der Waals surface area (Å²) in [5.41, 5.74) is 0.648. The highest BCUT2D eigenvalue weighted by Crippen LogP contribution is 2.40. The van der Waals surface area contributed by atoms with E-state index in [1.807, 2.05) is 0 Å². The van der Waals surface area contributed by atoms with Crippen molar-refractivity contribution >= 4 is 11.9 Å². The fourth-order valence-electron chi connectivity index (χ4n) is 4.09. The maximum atomic E-state index is 12.8. The van der Waals surface area contributed by atoms with Gasteiger partial charge >= 0.3 is 12.6 Å². The van der Waals surface area contributed by atoms with Crippen LogP contribution in [0.15, 0.2) is 24.3 Å². The van der Waals surface area contributed by atoms with Gasteiger partial charge in [-0.3, -0.25) is 4.79 Å². The predicted molar refractivity (Wildman–Crippen MR) is 85.4 cm³/mol. The number of fused-ring (bicyclic) bond motifs is 1. The van der Waals surface area contributed by atoms with Crippen molar-refractivity contribution in [2.24, 2.45) is 5.92 Å². The first-order chi connectivity index (χ1) is 12.0. The van der Waals surface area contributed by atoms with Crippen LogP contribution in [0.3, 0.4) is 0 Å². The highest BCUT2D eigenvalue weighted by Gasteiger charge is 2.47. The first-order valence-corrected chi connectivity index (χ1v) is 8.53. The Morgan fingerprint density at radius 2 is 1.88 bits per heavy atom. The molecule has 1 aromatic carbocycles. The van der Waals surface area contributed by atoms with Crippen molar-refractivity contribution in [2.45, 2.75) is 57.2 Å². The van der Waals surface area contributed by atoms with Crippen LogP contribution in [0.25, 0.3) is 0 Å². The molecular formula is C18H21F2NO4. The number of amides is 1. The van der Waals surface area contributed by atoms with Crippen molar-refractivity contribution in [1.29, 1.82) is 0 Å². The van der Waals surface area contributed by atoms with E-state index in [0.29, 0.717) is 12.0 Å². The summed E-state index contributed by atoms with van der Waals surface area (Å²) in [6, 6.07) is 5.12. The lowest BCUT2D eigenvalue weighted by Crippen LogP contribution is -2.46. The molecule has 1 saturated carbocycles. The van der Waals surface area contributed by atoms with Gasteiger partial charge in [-0.2, -0.15) is 8.78 Å². The molecule has 1 aromatic rings. The molecule has 2 aliphatic rings. The van der Waals surface area contributed by atoms with Gasteiger partial charge in [0.15, 0.2) is 0 Å². The van der Waals surface area contributed by atoms with Gasteiger partial charge in [0.2, 0.25) is 5.91 Å². The molecule has 7 heteroatoms. The van der Waals surface area contributed by atoms with Crippen LogP contribution in [0.4, 0.5) is 8.78 Å². The van der Waals surface area contributed by atoms with Crippen LogP contribution < -0.4 is 4.74 Å². The third-order valence-electron chi connectivity index (χ3n) is 5.16. The van der Waals surface area contributed by atoms with Crippen LogP contribution in [-0.2, 0) is 16.0 Å². The van der Waals surface area contributed by atoms with Gasteiger partial charge in [0.1, 0.15) is 11.8 Å². The van der Waals surface area contributed by atoms with Crippen LogP contribution in [0.1, 0.15) is 37.7 Å². The van der Waals surface area contributed by atoms with E-state index in [4.69, 9.17) is 0 Å². The summed E-state index contributed by atoms with van der Waals surface area (Å²) in [6.45, 7) is -2.89. The van der Waals surface area contributed by atoms with Crippen LogP contribution in [0.5, 0.6) is 5.75 Å². The van der Waals surface area contributed by atoms with Crippen molar-refractivity contribution in [3.05, 3.63) is 29.8 Å². The molecule has 136 valence electrons. The third-order valence-corrected chi connectivity index (χ3v) is 5.16. The molecule has 3 rings (SSSR count). The molecular weight excluding hydrogens is 332 g/mol. The predicted octanol–water partition coefficient (Wildman–Crippen LogP) is 3.07. The Labute approximate surface area is 144 Å². The maximum Gasteiger partial charge on any atom is 0.387 e. The minimum absolute atomic E-state index is 0.00351. The summed E-state index contributed by atoms with van der Waals surface area (Å²) in [5, 5.41) is 9.48. The molecule has 5 nitrogen and oxygen atoms in total. The number of hydrogen-bond acceptors (Lipinski definition) is 3. The monoisotopic (exact) mass is 353 g/mol. The second-order valence-corrected chi connectivity index (χ2v) is 6.70. The van der Waals surface area contributed by atoms with Crippen LogP contribution in [0, 0.1) is 5.92 Å². The molecule has 1 saturated heterocycles. The van der Waals surface area contributed by atoms with Gasteiger partial charge in [-0.05, 0) is 42.9 Å². The number of halogens is 2. The average Bonchev–Trinajstić information content (AvgIpc) is 2.96. The molecule has 0 spiro atoms. The molecule has 0 radical (unpaired) electrons. The minimum atomic E-state index is -2.89. The number of carboxylic acids is 1. The summed E-state index contributed by atoms with van der Waals surface area (Å²) in [7, 11) is 0. The number of hydrogen-bond donors (Lipinski definition) is 1. The molecule has 25 heavy (non-hydrogen) atoms. The van der Waals surface area contributed by atoms with Crippen LogP contribution in [-0.4, -0.2) is 40.6 Å². The highest BCUT2D eigenvalue weighted by molar-refractivity contribution is 5.86. The quantitative estimate of drug-likeness (QED) is 0.883. The van der Waals surface area contributed by atoms with Gasteiger partial charge in [0.05, 0.1) is 6.42 Å². The van der Waals surface area contributed by atoms with Gasteiger partial charge < -0.3 is 14.7 Å². The second kappa shape index (κ2) is 7.37. The summed E-state index contributed by atoms with van der Waals surface area (Å²) in [4.78, 5) is 25.9. The lowest BCUT2D eigenvalue weighted by atomic mass is 9.84. The van der Waals surface area contributed by atoms with Crippen molar-refractivity contribution in [3.8, 4) is 5.75 Å². The average molecular weight is 353 g/mol. The summed E-state index contributed by atoms with van der Waals surface area (Å²) < 4.78 is 28.6. The Balaban J connectivity index is 1.71. The van der Waals surface area contributed by atoms with Crippen molar-refractivity contribution < 1.29 is 28.2 Å². The number of likely N-dealkylation sites (tertiary alicyclic amines) is 1. The van der Waals surface area contributed by atoms with Gasteiger partial charge in [0, 0.05) is 6.04 Å². The van der Waals surface area contributed by atoms with E-state index in [9.17, 15) is 23.5 Å². The number of carbonyl (C=O) groups is 2. The molecule has 3 atom stereocenters. The van der Waals surface area contributed by atoms with Crippen LogP contribution in [0.2, 0.25) is 0 Å². The zero-order chi connectivity index (χ0) is 18.0. The number of nitrogens with zero attached hydrogens (tertiary/aromatic N) is 1. The highest BCUT2D eigenvalue weighted by atomic mass is 19.3. The Hall–Kier alpha value is -2.18. The Morgan fingerprint density at radius 1 is 1.20 bits per heavy atom. The van der Waals surface area contributed by atoms with Crippen molar-refractivity contribution in [3.63, 3.8) is 0 Å². The molecule has 1 aliphatic carbocycles. The fraction of sp³-hybridized carbons (Fsp3) is 0.556. The normalized spacial score (nSPS) is 25.7. The summed E-state index contributed by atoms with van der Waals surface area (Å²) in [6.07, 6.45) is 4.49. The van der Waals surface area contributed by atoms with Gasteiger partial charge in [-0.1, -0.05) is 25.0 Å². The van der Waals surface area contributed by atoms with Crippen molar-refractivity contribution in [1.82, 2.24) is 4.90 Å². The number of alkyl halides is 2. The molecule has 0 bridgehead atoms. The molecule has 1 heterocycles. The molecule has 1 N–H and O–H groups in total. The summed E-state index contributed by atoms with van der Waals surface area (Å²) in [5.74, 6) is -0.878.